The number of benzene rings is 2. The van der Waals surface area contributed by atoms with Crippen molar-refractivity contribution in [3.8, 4) is 0 Å². The van der Waals surface area contributed by atoms with Gasteiger partial charge in [-0.05, 0) is 41.7 Å². The van der Waals surface area contributed by atoms with Gasteiger partial charge in [-0.1, -0.05) is 42.5 Å². The Bertz CT molecular complexity index is 1110. The molecule has 5 heteroatoms. The first-order valence-electron chi connectivity index (χ1n) is 10.3. The molecule has 5 nitrogen and oxygen atoms in total. The first-order chi connectivity index (χ1) is 14.2. The van der Waals surface area contributed by atoms with Crippen LogP contribution in [-0.2, 0) is 17.7 Å². The molecule has 148 valence electrons. The Balaban J connectivity index is 1.65. The van der Waals surface area contributed by atoms with Crippen molar-refractivity contribution in [2.45, 2.75) is 19.4 Å². The average Bonchev–Trinajstić information content (AvgIpc) is 3.12. The van der Waals surface area contributed by atoms with E-state index in [1.807, 2.05) is 6.07 Å². The molecule has 0 unspecified atom stereocenters. The van der Waals surface area contributed by atoms with Crippen molar-refractivity contribution in [2.24, 2.45) is 5.73 Å². The molecular weight excluding hydrogens is 360 g/mol. The van der Waals surface area contributed by atoms with Crippen LogP contribution >= 0.6 is 0 Å². The van der Waals surface area contributed by atoms with Crippen LogP contribution in [0.25, 0.3) is 17.0 Å². The minimum absolute atomic E-state index is 0.106. The molecule has 3 aromatic rings. The summed E-state index contributed by atoms with van der Waals surface area (Å²) in [6, 6.07) is 14.9. The Kier molecular flexibility index (Phi) is 4.60. The molecule has 1 aliphatic heterocycles. The van der Waals surface area contributed by atoms with Crippen molar-refractivity contribution < 1.29 is 4.74 Å². The molecule has 0 saturated carbocycles. The smallest absolute Gasteiger partial charge is 0.122 e. The lowest BCUT2D eigenvalue weighted by molar-refractivity contribution is 0.122. The number of amidine groups is 1. The standard InChI is InChI=1S/C24H26N4O/c25-24(26)19-9-8-18-15-23(27-10-12-29-13-11-27)28(22(18)14-19)16-20-6-3-5-17-4-1-2-7-21(17)20/h1,3-6,8-9,14-15H,2,7,10-13,16H2,(H3,25,26). The van der Waals surface area contributed by atoms with E-state index < -0.39 is 0 Å². The maximum Gasteiger partial charge on any atom is 0.122 e. The quantitative estimate of drug-likeness (QED) is 0.530. The lowest BCUT2D eigenvalue weighted by atomic mass is 9.92. The van der Waals surface area contributed by atoms with Crippen LogP contribution in [-0.4, -0.2) is 36.7 Å². The molecule has 2 aromatic carbocycles. The molecule has 0 atom stereocenters. The number of aromatic nitrogens is 1. The molecule has 1 aliphatic carbocycles. The fourth-order valence-corrected chi connectivity index (χ4v) is 4.50. The van der Waals surface area contributed by atoms with E-state index in [1.54, 1.807) is 0 Å². The number of hydrogen-bond donors (Lipinski definition) is 2. The monoisotopic (exact) mass is 386 g/mol. The number of hydrogen-bond acceptors (Lipinski definition) is 3. The molecule has 1 fully saturated rings. The van der Waals surface area contributed by atoms with Gasteiger partial charge in [0, 0.05) is 30.6 Å². The number of ether oxygens (including phenoxy) is 1. The Hall–Kier alpha value is -3.05. The molecule has 2 aliphatic rings. The van der Waals surface area contributed by atoms with E-state index in [2.05, 4.69) is 58.0 Å². The van der Waals surface area contributed by atoms with Gasteiger partial charge in [0.25, 0.3) is 0 Å². The summed E-state index contributed by atoms with van der Waals surface area (Å²) in [5.41, 5.74) is 11.8. The van der Waals surface area contributed by atoms with Crippen LogP contribution in [0.1, 0.15) is 28.7 Å². The van der Waals surface area contributed by atoms with Gasteiger partial charge in [-0.2, -0.15) is 0 Å². The highest BCUT2D eigenvalue weighted by Gasteiger charge is 2.20. The van der Waals surface area contributed by atoms with Crippen LogP contribution in [0.2, 0.25) is 0 Å². The average molecular weight is 386 g/mol. The van der Waals surface area contributed by atoms with E-state index >= 15 is 0 Å². The molecule has 0 amide bonds. The van der Waals surface area contributed by atoms with Gasteiger partial charge < -0.3 is 19.9 Å². The van der Waals surface area contributed by atoms with Crippen molar-refractivity contribution in [3.05, 3.63) is 70.8 Å². The highest BCUT2D eigenvalue weighted by molar-refractivity contribution is 5.99. The summed E-state index contributed by atoms with van der Waals surface area (Å²) in [5.74, 6) is 1.32. The minimum Gasteiger partial charge on any atom is -0.384 e. The fraction of sp³-hybridized carbons (Fsp3) is 0.292. The number of fused-ring (bicyclic) bond motifs is 2. The third kappa shape index (κ3) is 3.32. The van der Waals surface area contributed by atoms with E-state index in [4.69, 9.17) is 15.9 Å². The summed E-state index contributed by atoms with van der Waals surface area (Å²) < 4.78 is 7.97. The lowest BCUT2D eigenvalue weighted by Crippen LogP contribution is -2.37. The Morgan fingerprint density at radius 2 is 1.97 bits per heavy atom. The number of allylic oxidation sites excluding steroid dienone is 1. The van der Waals surface area contributed by atoms with Crippen LogP contribution in [0, 0.1) is 5.41 Å². The summed E-state index contributed by atoms with van der Waals surface area (Å²) in [6.45, 7) is 4.11. The molecule has 0 bridgehead atoms. The van der Waals surface area contributed by atoms with Gasteiger partial charge in [-0.25, -0.2) is 0 Å². The number of nitrogen functional groups attached to an aromatic ring is 1. The van der Waals surface area contributed by atoms with Crippen molar-refractivity contribution in [1.82, 2.24) is 4.57 Å². The van der Waals surface area contributed by atoms with E-state index in [-0.39, 0.29) is 5.84 Å². The van der Waals surface area contributed by atoms with Crippen LogP contribution in [0.3, 0.4) is 0 Å². The van der Waals surface area contributed by atoms with Gasteiger partial charge in [0.05, 0.1) is 18.7 Å². The van der Waals surface area contributed by atoms with Gasteiger partial charge in [0.15, 0.2) is 0 Å². The third-order valence-corrected chi connectivity index (χ3v) is 6.02. The molecule has 29 heavy (non-hydrogen) atoms. The van der Waals surface area contributed by atoms with Gasteiger partial charge in [0.1, 0.15) is 11.7 Å². The Morgan fingerprint density at radius 3 is 2.79 bits per heavy atom. The number of rotatable bonds is 4. The highest BCUT2D eigenvalue weighted by atomic mass is 16.5. The third-order valence-electron chi connectivity index (χ3n) is 6.02. The van der Waals surface area contributed by atoms with E-state index in [1.165, 1.54) is 27.9 Å². The van der Waals surface area contributed by atoms with Gasteiger partial charge in [0.2, 0.25) is 0 Å². The molecular formula is C24H26N4O. The van der Waals surface area contributed by atoms with E-state index in [0.717, 1.165) is 56.8 Å². The first kappa shape index (κ1) is 18.0. The number of nitrogens with zero attached hydrogens (tertiary/aromatic N) is 2. The van der Waals surface area contributed by atoms with Crippen molar-refractivity contribution in [3.63, 3.8) is 0 Å². The Labute approximate surface area is 170 Å². The zero-order valence-electron chi connectivity index (χ0n) is 16.5. The van der Waals surface area contributed by atoms with Crippen molar-refractivity contribution in [2.75, 3.05) is 31.2 Å². The van der Waals surface area contributed by atoms with E-state index in [0.29, 0.717) is 0 Å². The maximum absolute atomic E-state index is 7.86. The second-order valence-electron chi connectivity index (χ2n) is 7.80. The molecule has 3 N–H and O–H groups in total. The predicted molar refractivity (Wildman–Crippen MR) is 119 cm³/mol. The van der Waals surface area contributed by atoms with Crippen molar-refractivity contribution in [1.29, 1.82) is 5.41 Å². The molecule has 0 spiro atoms. The molecule has 5 rings (SSSR count). The van der Waals surface area contributed by atoms with Crippen molar-refractivity contribution >= 4 is 28.6 Å². The SMILES string of the molecule is N=C(N)c1ccc2cc(N3CCOCC3)n(Cc3cccc4c3CCC=C4)c2c1. The van der Waals surface area contributed by atoms with Crippen LogP contribution in [0.15, 0.2) is 48.5 Å². The van der Waals surface area contributed by atoms with Gasteiger partial charge >= 0.3 is 0 Å². The second kappa shape index (κ2) is 7.41. The van der Waals surface area contributed by atoms with Crippen LogP contribution in [0.5, 0.6) is 0 Å². The first-order valence-corrected chi connectivity index (χ1v) is 10.3. The summed E-state index contributed by atoms with van der Waals surface area (Å²) >= 11 is 0. The minimum atomic E-state index is 0.106. The number of morpholine rings is 1. The largest absolute Gasteiger partial charge is 0.384 e. The molecule has 2 heterocycles. The maximum atomic E-state index is 7.86. The summed E-state index contributed by atoms with van der Waals surface area (Å²) in [4.78, 5) is 2.41. The second-order valence-corrected chi connectivity index (χ2v) is 7.80. The zero-order chi connectivity index (χ0) is 19.8. The van der Waals surface area contributed by atoms with Gasteiger partial charge in [-0.15, -0.1) is 0 Å². The molecule has 0 radical (unpaired) electrons. The summed E-state index contributed by atoms with van der Waals surface area (Å²) in [6.07, 6.45) is 6.69. The zero-order valence-corrected chi connectivity index (χ0v) is 16.5. The number of nitrogens with one attached hydrogen (secondary N) is 1. The van der Waals surface area contributed by atoms with Gasteiger partial charge in [-0.3, -0.25) is 5.41 Å². The predicted octanol–water partition coefficient (Wildman–Crippen LogP) is 3.77. The van der Waals surface area contributed by atoms with E-state index in [9.17, 15) is 0 Å². The topological polar surface area (TPSA) is 67.3 Å². The fourth-order valence-electron chi connectivity index (χ4n) is 4.50. The normalized spacial score (nSPS) is 16.2. The summed E-state index contributed by atoms with van der Waals surface area (Å²) in [5, 5.41) is 9.05. The number of nitrogens with two attached hydrogens (primary N) is 1. The summed E-state index contributed by atoms with van der Waals surface area (Å²) in [7, 11) is 0. The van der Waals surface area contributed by atoms with Crippen LogP contribution in [0.4, 0.5) is 5.82 Å². The Morgan fingerprint density at radius 1 is 1.10 bits per heavy atom. The lowest BCUT2D eigenvalue weighted by Gasteiger charge is -2.30. The number of anilines is 1. The molecule has 1 aromatic heterocycles. The molecule has 1 saturated heterocycles. The van der Waals surface area contributed by atoms with Crippen LogP contribution < -0.4 is 10.6 Å². The highest BCUT2D eigenvalue weighted by Crippen LogP contribution is 2.31.